The zero-order valence-electron chi connectivity index (χ0n) is 45.7. The van der Waals surface area contributed by atoms with Gasteiger partial charge in [0.1, 0.15) is 37.1 Å². The maximum Gasteiger partial charge on any atom is 0.324 e. The number of carbonyl (C=O) groups excluding carboxylic acids is 4. The number of imidazole rings is 2. The van der Waals surface area contributed by atoms with Crippen LogP contribution in [0.3, 0.4) is 0 Å². The molecule has 81 heavy (non-hydrogen) atoms. The Hall–Kier alpha value is -7.40. The summed E-state index contributed by atoms with van der Waals surface area (Å²) in [6.45, 7) is 14.9. The van der Waals surface area contributed by atoms with E-state index < -0.39 is 92.9 Å². The fourth-order valence-corrected chi connectivity index (χ4v) is 11.5. The van der Waals surface area contributed by atoms with Gasteiger partial charge in [0, 0.05) is 50.6 Å². The third-order valence-corrected chi connectivity index (χ3v) is 17.3. The molecule has 0 radical (unpaired) electrons. The molecule has 7 heterocycles. The van der Waals surface area contributed by atoms with E-state index in [0.29, 0.717) is 30.1 Å². The summed E-state index contributed by atoms with van der Waals surface area (Å²) in [5, 5.41) is 36.6. The maximum absolute atomic E-state index is 12.8. The summed E-state index contributed by atoms with van der Waals surface area (Å²) in [5.41, 5.74) is 1.68. The summed E-state index contributed by atoms with van der Waals surface area (Å²) in [5.74, 6) is -1.63. The van der Waals surface area contributed by atoms with Crippen molar-refractivity contribution in [3.8, 4) is 0 Å². The molecule has 3 aliphatic heterocycles. The Morgan fingerprint density at radius 2 is 1.00 bits per heavy atom. The molecule has 436 valence electrons. The number of anilines is 4. The standard InChI is InChI=1S/C26H34N8O7S.C23H30N8O7S/c1-7-27-23(35)19-18-20(41-26(4,5)40-18)24(39-19)34-13-30-17-21(28-12-29-22(17)34)32-25(36)31-15-8-10-16(11-9-15)42(37,38)33(6)14(2)3;1-5-24-21(34)18-16(32)17(33)22(38-18)31-11-27-15-19(25-10-26-20(15)31)29-23(35)28-13-6-8-14(9-7-13)39(36,37)30(4)12(2)3/h8-14,18-20,24H,7H2,1-6H3,(H,27,35)(H2,28,29,31,32,36);6-12,16-18,22,32-33H,5H2,1-4H3,(H,24,34)(H2,25,26,28,29,35)/t18-,19+,20-,24-;16-,17+,18-,22+/m10/s1. The number of nitrogens with one attached hydrogen (secondary N) is 6. The van der Waals surface area contributed by atoms with Crippen LogP contribution >= 0.6 is 0 Å². The Labute approximate surface area is 465 Å². The molecule has 9 rings (SSSR count). The van der Waals surface area contributed by atoms with Crippen LogP contribution in [0, 0.1) is 0 Å². The number of rotatable bonds is 16. The first-order valence-electron chi connectivity index (χ1n) is 25.5. The first kappa shape index (κ1) is 59.7. The highest BCUT2D eigenvalue weighted by Gasteiger charge is 2.58. The molecule has 30 nitrogen and oxygen atoms in total. The molecule has 32 heteroatoms. The molecule has 0 bridgehead atoms. The van der Waals surface area contributed by atoms with Crippen molar-refractivity contribution in [2.75, 3.05) is 48.5 Å². The average Bonchev–Trinajstić information content (AvgIpc) is 4.39. The normalized spacial score (nSPS) is 22.4. The van der Waals surface area contributed by atoms with Gasteiger partial charge in [-0.1, -0.05) is 0 Å². The predicted octanol–water partition coefficient (Wildman–Crippen LogP) is 2.31. The Kier molecular flexibility index (Phi) is 17.7. The number of urea groups is 2. The van der Waals surface area contributed by atoms with Gasteiger partial charge in [0.05, 0.1) is 22.4 Å². The largest absolute Gasteiger partial charge is 0.387 e. The van der Waals surface area contributed by atoms with Crippen LogP contribution in [0.25, 0.3) is 22.3 Å². The quantitative estimate of drug-likeness (QED) is 0.0689. The van der Waals surface area contributed by atoms with Gasteiger partial charge in [-0.3, -0.25) is 29.4 Å². The van der Waals surface area contributed by atoms with Crippen LogP contribution in [0.1, 0.15) is 67.8 Å². The second kappa shape index (κ2) is 24.0. The summed E-state index contributed by atoms with van der Waals surface area (Å²) < 4.78 is 80.0. The second-order valence-corrected chi connectivity index (χ2v) is 23.8. The molecule has 6 amide bonds. The van der Waals surface area contributed by atoms with Crippen LogP contribution < -0.4 is 31.9 Å². The summed E-state index contributed by atoms with van der Waals surface area (Å²) in [6, 6.07) is 9.81. The second-order valence-electron chi connectivity index (χ2n) is 19.8. The number of likely N-dealkylation sites (N-methyl/N-ethyl adjacent to an activating group) is 2. The average molecular weight is 1170 g/mol. The maximum atomic E-state index is 12.8. The lowest BCUT2D eigenvalue weighted by Crippen LogP contribution is -2.42. The van der Waals surface area contributed by atoms with E-state index in [-0.39, 0.29) is 56.1 Å². The Balaban J connectivity index is 0.000000213. The van der Waals surface area contributed by atoms with E-state index in [0.717, 1.165) is 0 Å². The van der Waals surface area contributed by atoms with E-state index in [1.54, 1.807) is 53.0 Å². The summed E-state index contributed by atoms with van der Waals surface area (Å²) in [4.78, 5) is 75.9. The van der Waals surface area contributed by atoms with Gasteiger partial charge in [-0.15, -0.1) is 0 Å². The lowest BCUT2D eigenvalue weighted by Gasteiger charge is -2.24. The Morgan fingerprint density at radius 3 is 1.43 bits per heavy atom. The van der Waals surface area contributed by atoms with Crippen LogP contribution in [0.5, 0.6) is 0 Å². The molecule has 0 saturated carbocycles. The summed E-state index contributed by atoms with van der Waals surface area (Å²) in [6.07, 6.45) is -3.13. The van der Waals surface area contributed by atoms with E-state index in [4.69, 9.17) is 18.9 Å². The lowest BCUT2D eigenvalue weighted by molar-refractivity contribution is -0.197. The van der Waals surface area contributed by atoms with Gasteiger partial charge in [-0.25, -0.2) is 56.3 Å². The summed E-state index contributed by atoms with van der Waals surface area (Å²) >= 11 is 0. The molecular weight excluding hydrogens is 1100 g/mol. The fourth-order valence-electron chi connectivity index (χ4n) is 8.77. The predicted molar refractivity (Wildman–Crippen MR) is 290 cm³/mol. The molecule has 3 fully saturated rings. The topological polar surface area (TPSA) is 380 Å². The minimum Gasteiger partial charge on any atom is -0.387 e. The van der Waals surface area contributed by atoms with Gasteiger partial charge < -0.3 is 50.4 Å². The minimum atomic E-state index is -3.67. The molecule has 8 atom stereocenters. The van der Waals surface area contributed by atoms with Crippen LogP contribution in [0.4, 0.5) is 32.6 Å². The highest BCUT2D eigenvalue weighted by molar-refractivity contribution is 7.89. The number of amides is 6. The smallest absolute Gasteiger partial charge is 0.324 e. The van der Waals surface area contributed by atoms with E-state index in [2.05, 4.69) is 61.8 Å². The Morgan fingerprint density at radius 1 is 0.593 bits per heavy atom. The molecule has 0 unspecified atom stereocenters. The minimum absolute atomic E-state index is 0.0438. The monoisotopic (exact) mass is 1160 g/mol. The zero-order chi connectivity index (χ0) is 58.9. The van der Waals surface area contributed by atoms with E-state index in [9.17, 15) is 46.2 Å². The van der Waals surface area contributed by atoms with E-state index in [1.807, 2.05) is 6.92 Å². The van der Waals surface area contributed by atoms with Crippen LogP contribution in [-0.2, 0) is 48.6 Å². The van der Waals surface area contributed by atoms with Crippen molar-refractivity contribution in [2.45, 2.75) is 132 Å². The van der Waals surface area contributed by atoms with Crippen molar-refractivity contribution >= 4 is 89.3 Å². The number of hydrogen-bond donors (Lipinski definition) is 8. The third kappa shape index (κ3) is 12.4. The first-order valence-corrected chi connectivity index (χ1v) is 28.4. The first-order chi connectivity index (χ1) is 38.3. The van der Waals surface area contributed by atoms with Crippen LogP contribution in [0.15, 0.2) is 83.6 Å². The number of hydrogen-bond acceptors (Lipinski definition) is 20. The number of aliphatic hydroxyl groups is 2. The van der Waals surface area contributed by atoms with Gasteiger partial charge in [0.15, 0.2) is 64.4 Å². The third-order valence-electron chi connectivity index (χ3n) is 13.2. The molecule has 0 spiro atoms. The number of aliphatic hydroxyl groups excluding tert-OH is 2. The number of aromatic nitrogens is 8. The number of ether oxygens (including phenoxy) is 4. The molecule has 0 aliphatic carbocycles. The number of benzene rings is 2. The fraction of sp³-hybridized carbons (Fsp3) is 0.469. The number of carbonyl (C=O) groups is 4. The molecule has 3 aliphatic rings. The Bertz CT molecular complexity index is 3510. The van der Waals surface area contributed by atoms with Gasteiger partial charge in [0.2, 0.25) is 20.0 Å². The number of fused-ring (bicyclic) bond motifs is 3. The molecule has 4 aromatic heterocycles. The highest BCUT2D eigenvalue weighted by atomic mass is 32.2. The number of sulfonamides is 2. The molecule has 8 N–H and O–H groups in total. The van der Waals surface area contributed by atoms with Crippen molar-refractivity contribution in [1.29, 1.82) is 0 Å². The lowest BCUT2D eigenvalue weighted by atomic mass is 10.1. The number of nitrogens with zero attached hydrogens (tertiary/aromatic N) is 10. The van der Waals surface area contributed by atoms with E-state index >= 15 is 0 Å². The molecule has 6 aromatic rings. The van der Waals surface area contributed by atoms with E-state index in [1.165, 1.54) is 101 Å². The molecule has 3 saturated heterocycles. The van der Waals surface area contributed by atoms with Crippen molar-refractivity contribution < 1.29 is 65.2 Å². The van der Waals surface area contributed by atoms with Crippen LogP contribution in [-0.4, -0.2) is 180 Å². The van der Waals surface area contributed by atoms with Crippen molar-refractivity contribution in [3.63, 3.8) is 0 Å². The van der Waals surface area contributed by atoms with Crippen molar-refractivity contribution in [3.05, 3.63) is 73.8 Å². The highest BCUT2D eigenvalue weighted by Crippen LogP contribution is 2.44. The molecule has 2 aromatic carbocycles. The van der Waals surface area contributed by atoms with Gasteiger partial charge in [0.25, 0.3) is 11.8 Å². The van der Waals surface area contributed by atoms with Gasteiger partial charge in [-0.05, 0) is 104 Å². The van der Waals surface area contributed by atoms with Gasteiger partial charge >= 0.3 is 12.1 Å². The van der Waals surface area contributed by atoms with Crippen LogP contribution in [0.2, 0.25) is 0 Å². The molecular formula is C49H64N16O14S2. The zero-order valence-corrected chi connectivity index (χ0v) is 47.3. The van der Waals surface area contributed by atoms with Crippen molar-refractivity contribution in [2.24, 2.45) is 0 Å². The van der Waals surface area contributed by atoms with Crippen molar-refractivity contribution in [1.82, 2.24) is 58.3 Å². The summed E-state index contributed by atoms with van der Waals surface area (Å²) in [7, 11) is -4.32. The SMILES string of the molecule is CCNC(=O)[C@H]1O[C@@H](n2cnc3c(NC(=O)Nc4ccc(S(=O)(=O)N(C)C(C)C)cc4)ncnc32)[C@@H]2OC(C)(C)O[C@@H]21.CCNC(=O)[C@H]1O[C@@H](n2cnc3c(NC(=O)Nc4ccc(S(=O)(=O)N(C)C(C)C)cc4)ncnc32)[C@H](O)[C@@H]1O. The van der Waals surface area contributed by atoms with Gasteiger partial charge in [-0.2, -0.15) is 8.61 Å².